The predicted octanol–water partition coefficient (Wildman–Crippen LogP) is 5.30. The zero-order valence-electron chi connectivity index (χ0n) is 11.3. The highest BCUT2D eigenvalue weighted by molar-refractivity contribution is 6.52. The number of rotatable bonds is 4. The van der Waals surface area contributed by atoms with Crippen LogP contribution in [0.1, 0.15) is 19.4 Å². The van der Waals surface area contributed by atoms with Crippen LogP contribution in [0.3, 0.4) is 0 Å². The Balaban J connectivity index is 2.21. The smallest absolute Gasteiger partial charge is 0.450 e. The molecule has 3 nitrogen and oxygen atoms in total. The van der Waals surface area contributed by atoms with Crippen LogP contribution in [0.4, 0.5) is 4.79 Å². The van der Waals surface area contributed by atoms with Crippen LogP contribution in [0, 0.1) is 11.3 Å². The molecule has 2 rings (SSSR count). The van der Waals surface area contributed by atoms with Gasteiger partial charge in [0.1, 0.15) is 6.10 Å². The van der Waals surface area contributed by atoms with Crippen molar-refractivity contribution in [3.05, 3.63) is 34.9 Å². The zero-order valence-corrected chi connectivity index (χ0v) is 14.3. The molecule has 0 amide bonds. The van der Waals surface area contributed by atoms with Crippen LogP contribution in [-0.4, -0.2) is 22.7 Å². The number of ether oxygens (including phenoxy) is 1. The first kappa shape index (κ1) is 17.0. The van der Waals surface area contributed by atoms with Crippen LogP contribution in [0.25, 0.3) is 0 Å². The van der Waals surface area contributed by atoms with E-state index in [1.54, 1.807) is 24.3 Å². The Bertz CT molecular complexity index is 542. The molecule has 1 aromatic rings. The van der Waals surface area contributed by atoms with Gasteiger partial charge in [0.25, 0.3) is 0 Å². The van der Waals surface area contributed by atoms with E-state index in [-0.39, 0.29) is 5.92 Å². The molecule has 116 valence electrons. The van der Waals surface area contributed by atoms with Crippen LogP contribution in [0.15, 0.2) is 24.3 Å². The van der Waals surface area contributed by atoms with Crippen molar-refractivity contribution in [3.8, 4) is 0 Å². The van der Waals surface area contributed by atoms with Gasteiger partial charge < -0.3 is 9.84 Å². The number of hydrogen-bond donors (Lipinski definition) is 1. The molecule has 0 saturated heterocycles. The number of carbonyl (C=O) groups is 1. The van der Waals surface area contributed by atoms with Gasteiger partial charge in [0, 0.05) is 16.4 Å². The third kappa shape index (κ3) is 3.21. The molecule has 1 saturated carbocycles. The highest BCUT2D eigenvalue weighted by Crippen LogP contribution is 2.62. The largest absolute Gasteiger partial charge is 0.506 e. The number of alkyl halides is 3. The maximum Gasteiger partial charge on any atom is 0.506 e. The van der Waals surface area contributed by atoms with E-state index in [9.17, 15) is 4.79 Å². The van der Waals surface area contributed by atoms with E-state index in [0.29, 0.717) is 10.6 Å². The average Bonchev–Trinajstić information content (AvgIpc) is 2.89. The fourth-order valence-electron chi connectivity index (χ4n) is 2.55. The number of benzene rings is 1. The minimum Gasteiger partial charge on any atom is -0.450 e. The van der Waals surface area contributed by atoms with E-state index >= 15 is 0 Å². The summed E-state index contributed by atoms with van der Waals surface area (Å²) in [6.07, 6.45) is -1.86. The summed E-state index contributed by atoms with van der Waals surface area (Å²) in [5.41, 5.74) is 0.193. The highest BCUT2D eigenvalue weighted by Gasteiger charge is 2.67. The molecule has 0 aliphatic heterocycles. The second-order valence-corrected chi connectivity index (χ2v) is 7.98. The first-order chi connectivity index (χ1) is 9.58. The number of carboxylic acid groups (broad SMARTS) is 1. The molecular formula is C14H14Cl4O3. The molecule has 0 spiro atoms. The van der Waals surface area contributed by atoms with E-state index in [1.807, 2.05) is 13.8 Å². The maximum atomic E-state index is 10.7. The van der Waals surface area contributed by atoms with Crippen molar-refractivity contribution in [2.45, 2.75) is 29.7 Å². The Morgan fingerprint density at radius 3 is 2.33 bits per heavy atom. The number of hydrogen-bond acceptors (Lipinski definition) is 2. The summed E-state index contributed by atoms with van der Waals surface area (Å²) in [4.78, 5) is 10.7. The summed E-state index contributed by atoms with van der Waals surface area (Å²) in [5.74, 6) is -0.277. The molecule has 0 heterocycles. The standard InChI is InChI=1S/C14H14Cl4O3/c1-13(2)9(11(13)21-12(19)20)10(16)14(17,18)7-3-5-8(15)6-4-7/h3-6,9-11H,1-2H3,(H,19,20)/t9-,10?,11-/m1/s1. The molecule has 0 aromatic heterocycles. The van der Waals surface area contributed by atoms with Gasteiger partial charge in [0.05, 0.1) is 5.38 Å². The topological polar surface area (TPSA) is 46.5 Å². The molecule has 0 radical (unpaired) electrons. The summed E-state index contributed by atoms with van der Waals surface area (Å²) in [6.45, 7) is 3.73. The van der Waals surface area contributed by atoms with Crippen molar-refractivity contribution >= 4 is 52.6 Å². The third-order valence-corrected chi connectivity index (χ3v) is 5.91. The molecule has 1 N–H and O–H groups in total. The van der Waals surface area contributed by atoms with Crippen LogP contribution in [0.2, 0.25) is 5.02 Å². The van der Waals surface area contributed by atoms with Crippen molar-refractivity contribution in [2.24, 2.45) is 11.3 Å². The summed E-state index contributed by atoms with van der Waals surface area (Å²) in [5, 5.41) is 8.62. The van der Waals surface area contributed by atoms with Crippen LogP contribution in [0.5, 0.6) is 0 Å². The molecule has 21 heavy (non-hydrogen) atoms. The lowest BCUT2D eigenvalue weighted by atomic mass is 10.0. The van der Waals surface area contributed by atoms with Gasteiger partial charge >= 0.3 is 6.16 Å². The SMILES string of the molecule is CC1(C)[C@H](OC(=O)O)[C@H]1C(Cl)C(Cl)(Cl)c1ccc(Cl)cc1. The van der Waals surface area contributed by atoms with Gasteiger partial charge in [-0.2, -0.15) is 0 Å². The summed E-state index contributed by atoms with van der Waals surface area (Å²) < 4.78 is 3.48. The van der Waals surface area contributed by atoms with Gasteiger partial charge in [-0.3, -0.25) is 0 Å². The molecular weight excluding hydrogens is 358 g/mol. The highest BCUT2D eigenvalue weighted by atomic mass is 35.5. The van der Waals surface area contributed by atoms with Crippen molar-refractivity contribution in [2.75, 3.05) is 0 Å². The maximum absolute atomic E-state index is 10.7. The van der Waals surface area contributed by atoms with Gasteiger partial charge in [-0.05, 0) is 17.7 Å². The molecule has 7 heteroatoms. The summed E-state index contributed by atoms with van der Waals surface area (Å²) in [7, 11) is 0. The summed E-state index contributed by atoms with van der Waals surface area (Å²) >= 11 is 25.1. The van der Waals surface area contributed by atoms with Gasteiger partial charge in [-0.15, -0.1) is 11.6 Å². The second-order valence-electron chi connectivity index (χ2n) is 5.68. The molecule has 3 atom stereocenters. The Morgan fingerprint density at radius 1 is 1.33 bits per heavy atom. The zero-order chi connectivity index (χ0) is 16.0. The first-order valence-corrected chi connectivity index (χ1v) is 7.83. The lowest BCUT2D eigenvalue weighted by Crippen LogP contribution is -2.28. The van der Waals surface area contributed by atoms with E-state index in [2.05, 4.69) is 0 Å². The van der Waals surface area contributed by atoms with E-state index < -0.39 is 27.4 Å². The van der Waals surface area contributed by atoms with Crippen LogP contribution < -0.4 is 0 Å². The lowest BCUT2D eigenvalue weighted by Gasteiger charge is -2.26. The van der Waals surface area contributed by atoms with E-state index in [0.717, 1.165) is 0 Å². The van der Waals surface area contributed by atoms with Crippen LogP contribution in [-0.2, 0) is 9.07 Å². The van der Waals surface area contributed by atoms with Gasteiger partial charge in [0.15, 0.2) is 4.33 Å². The lowest BCUT2D eigenvalue weighted by molar-refractivity contribution is 0.0719. The quantitative estimate of drug-likeness (QED) is 0.577. The molecule has 1 unspecified atom stereocenters. The average molecular weight is 372 g/mol. The van der Waals surface area contributed by atoms with Gasteiger partial charge in [-0.1, -0.05) is 60.8 Å². The van der Waals surface area contributed by atoms with E-state index in [4.69, 9.17) is 56.2 Å². The van der Waals surface area contributed by atoms with Crippen molar-refractivity contribution in [3.63, 3.8) is 0 Å². The third-order valence-electron chi connectivity index (χ3n) is 3.93. The monoisotopic (exact) mass is 370 g/mol. The van der Waals surface area contributed by atoms with Crippen molar-refractivity contribution < 1.29 is 14.6 Å². The van der Waals surface area contributed by atoms with Crippen molar-refractivity contribution in [1.82, 2.24) is 0 Å². The normalized spacial score (nSPS) is 25.2. The minimum atomic E-state index is -1.37. The Kier molecular flexibility index (Phi) is 4.61. The minimum absolute atomic E-state index is 0.277. The Morgan fingerprint density at radius 2 is 1.86 bits per heavy atom. The summed E-state index contributed by atoms with van der Waals surface area (Å²) in [6, 6.07) is 6.73. The fraction of sp³-hybridized carbons (Fsp3) is 0.500. The predicted molar refractivity (Wildman–Crippen MR) is 84.6 cm³/mol. The van der Waals surface area contributed by atoms with Gasteiger partial charge in [-0.25, -0.2) is 4.79 Å². The van der Waals surface area contributed by atoms with Gasteiger partial charge in [0.2, 0.25) is 0 Å². The Hall–Kier alpha value is -0.350. The molecule has 0 bridgehead atoms. The fourth-order valence-corrected chi connectivity index (χ4v) is 3.78. The molecule has 1 fully saturated rings. The molecule has 1 aromatic carbocycles. The van der Waals surface area contributed by atoms with Crippen LogP contribution >= 0.6 is 46.4 Å². The molecule has 1 aliphatic rings. The number of halogens is 4. The molecule has 1 aliphatic carbocycles. The first-order valence-electron chi connectivity index (χ1n) is 6.26. The van der Waals surface area contributed by atoms with Crippen molar-refractivity contribution in [1.29, 1.82) is 0 Å². The van der Waals surface area contributed by atoms with E-state index in [1.165, 1.54) is 0 Å². The second kappa shape index (κ2) is 5.69. The Labute approximate surface area is 143 Å².